The Morgan fingerprint density at radius 3 is 2.41 bits per heavy atom. The first-order chi connectivity index (χ1) is 27.2. The van der Waals surface area contributed by atoms with E-state index in [2.05, 4.69) is 50.8 Å². The molecule has 1 aromatic carbocycles. The van der Waals surface area contributed by atoms with E-state index in [0.29, 0.717) is 49.6 Å². The van der Waals surface area contributed by atoms with Crippen LogP contribution in [0.15, 0.2) is 58.6 Å². The Morgan fingerprint density at radius 2 is 1.71 bits per heavy atom. The predicted octanol–water partition coefficient (Wildman–Crippen LogP) is 9.12. The molecule has 2 aromatic rings. The highest BCUT2D eigenvalue weighted by atomic mass is 35.5. The number of aliphatic hydroxyl groups is 4. The number of furan rings is 1. The third kappa shape index (κ3) is 5.73. The molecule has 1 unspecified atom stereocenters. The number of benzene rings is 1. The number of nitrogens with zero attached hydrogens (tertiary/aromatic N) is 1. The Hall–Kier alpha value is -2.47. The summed E-state index contributed by atoms with van der Waals surface area (Å²) in [6.07, 6.45) is 8.71. The monoisotopic (exact) mass is 825 g/mol. The molecule has 1 aromatic heterocycles. The van der Waals surface area contributed by atoms with Crippen molar-refractivity contribution in [3.63, 3.8) is 0 Å². The number of hydrogen-bond donors (Lipinski definition) is 4. The topological polar surface area (TPSA) is 114 Å². The Kier molecular flexibility index (Phi) is 9.53. The molecule has 0 saturated heterocycles. The lowest BCUT2D eigenvalue weighted by atomic mass is 9.32. The van der Waals surface area contributed by atoms with Crippen molar-refractivity contribution in [1.29, 1.82) is 0 Å². The summed E-state index contributed by atoms with van der Waals surface area (Å²) in [4.78, 5) is 17.4. The van der Waals surface area contributed by atoms with Crippen LogP contribution >= 0.6 is 11.6 Å². The smallest absolute Gasteiger partial charge is 0.416 e. The summed E-state index contributed by atoms with van der Waals surface area (Å²) >= 11 is 6.41. The SMILES string of the molecule is CC1(C)[C@H]2CC[C@@H](CN(C[C@H](O)CO)C[C@]3(O)CC[C@H]4[C@]56C=C[C@@]7(C=C5C(=O)c5ccc(-c8cc(C(F)(F)F)ccc8Cl)o5)CC(O)CC[C@]7(C)[C@H]6CC[C@@]43C)[C@@H]1C2. The van der Waals surface area contributed by atoms with Gasteiger partial charge in [0, 0.05) is 47.0 Å². The fourth-order valence-electron chi connectivity index (χ4n) is 14.7. The molecule has 0 aliphatic heterocycles. The highest BCUT2D eigenvalue weighted by Crippen LogP contribution is 2.78. The lowest BCUT2D eigenvalue weighted by Gasteiger charge is -2.71. The third-order valence-corrected chi connectivity index (χ3v) is 18.3. The van der Waals surface area contributed by atoms with Crippen LogP contribution in [0.4, 0.5) is 13.2 Å². The molecular formula is C47H59ClF3NO6. The zero-order chi connectivity index (χ0) is 41.4. The van der Waals surface area contributed by atoms with Gasteiger partial charge < -0.3 is 24.8 Å². The standard InChI is InChI=1S/C47H59ClF3NO6/c1-41(2)28-6-5-27(33(41)20-28)23-52(24-31(55)25-53)26-45(57)16-13-39-43(45,4)15-12-38-42(3)14-11-30(54)21-44(42)17-18-46(38,39)34(22-44)40(56)37-10-9-36(58-37)32-19-29(47(49,50)51)7-8-35(32)48/h7-10,17-19,22,27-28,30-31,33,38-39,53-55,57H,5-6,11-16,20-21,23-26H2,1-4H3/t27-,28-,30?,31-,33-,38+,39+,42+,43-,44-,45+,46+/m0/s1. The summed E-state index contributed by atoms with van der Waals surface area (Å²) in [7, 11) is 0. The van der Waals surface area contributed by atoms with Gasteiger partial charge in [0.15, 0.2) is 5.76 Å². The minimum atomic E-state index is -4.59. The minimum absolute atomic E-state index is 0.0107. The third-order valence-electron chi connectivity index (χ3n) is 18.0. The molecule has 0 radical (unpaired) electrons. The van der Waals surface area contributed by atoms with E-state index in [0.717, 1.165) is 50.3 Å². The van der Waals surface area contributed by atoms with Gasteiger partial charge in [0.05, 0.1) is 35.0 Å². The van der Waals surface area contributed by atoms with Crippen molar-refractivity contribution in [2.24, 2.45) is 56.7 Å². The second-order valence-electron chi connectivity index (χ2n) is 20.7. The number of halogens is 4. The van der Waals surface area contributed by atoms with E-state index in [-0.39, 0.29) is 63.7 Å². The number of carbonyl (C=O) groups is 1. The van der Waals surface area contributed by atoms with E-state index in [1.54, 1.807) is 0 Å². The fraction of sp³-hybridized carbons (Fsp3) is 0.681. The van der Waals surface area contributed by atoms with Crippen molar-refractivity contribution >= 4 is 17.4 Å². The van der Waals surface area contributed by atoms with Crippen molar-refractivity contribution in [3.05, 3.63) is 70.5 Å². The number of alkyl halides is 3. The molecule has 316 valence electrons. The molecule has 9 aliphatic carbocycles. The molecule has 7 nitrogen and oxygen atoms in total. The molecule has 11 heteroatoms. The molecule has 11 rings (SSSR count). The number of carbonyl (C=O) groups excluding carboxylic acids is 1. The molecule has 6 saturated carbocycles. The zero-order valence-electron chi connectivity index (χ0n) is 34.1. The lowest BCUT2D eigenvalue weighted by molar-refractivity contribution is -0.179. The van der Waals surface area contributed by atoms with Gasteiger partial charge in [-0.2, -0.15) is 13.2 Å². The second kappa shape index (κ2) is 13.5. The van der Waals surface area contributed by atoms with E-state index >= 15 is 4.79 Å². The number of fused-ring (bicyclic) bond motifs is 3. The van der Waals surface area contributed by atoms with Crippen molar-refractivity contribution < 1.29 is 42.8 Å². The van der Waals surface area contributed by atoms with Crippen molar-refractivity contribution in [3.8, 4) is 11.3 Å². The van der Waals surface area contributed by atoms with Gasteiger partial charge in [-0.3, -0.25) is 9.69 Å². The highest BCUT2D eigenvalue weighted by Gasteiger charge is 2.74. The number of rotatable bonds is 10. The van der Waals surface area contributed by atoms with Crippen LogP contribution in [-0.2, 0) is 6.18 Å². The van der Waals surface area contributed by atoms with E-state index in [1.807, 2.05) is 0 Å². The molecule has 9 aliphatic rings. The molecular weight excluding hydrogens is 767 g/mol. The van der Waals surface area contributed by atoms with Crippen LogP contribution in [-0.4, -0.2) is 75.2 Å². The van der Waals surface area contributed by atoms with Gasteiger partial charge in [-0.25, -0.2) is 0 Å². The van der Waals surface area contributed by atoms with Gasteiger partial charge >= 0.3 is 6.18 Å². The van der Waals surface area contributed by atoms with Crippen LogP contribution < -0.4 is 0 Å². The van der Waals surface area contributed by atoms with E-state index < -0.39 is 45.8 Å². The van der Waals surface area contributed by atoms with Gasteiger partial charge in [0.25, 0.3) is 0 Å². The first-order valence-electron chi connectivity index (χ1n) is 21.6. The molecule has 1 heterocycles. The van der Waals surface area contributed by atoms with Crippen LogP contribution in [0.1, 0.15) is 108 Å². The number of allylic oxidation sites excluding steroid dienone is 4. The average Bonchev–Trinajstić information content (AvgIpc) is 3.76. The van der Waals surface area contributed by atoms with Crippen LogP contribution in [0, 0.1) is 56.7 Å². The molecule has 58 heavy (non-hydrogen) atoms. The molecule has 12 atom stereocenters. The summed E-state index contributed by atoms with van der Waals surface area (Å²) in [5, 5.41) is 45.1. The number of ketones is 1. The second-order valence-corrected chi connectivity index (χ2v) is 21.1. The fourth-order valence-corrected chi connectivity index (χ4v) is 14.9. The van der Waals surface area contributed by atoms with E-state index in [9.17, 15) is 33.6 Å². The normalized spacial score (nSPS) is 41.4. The Labute approximate surface area is 344 Å². The maximum Gasteiger partial charge on any atom is 0.416 e. The summed E-state index contributed by atoms with van der Waals surface area (Å²) in [5.74, 6) is 1.43. The van der Waals surface area contributed by atoms with Crippen LogP contribution in [0.5, 0.6) is 0 Å². The first-order valence-corrected chi connectivity index (χ1v) is 22.0. The Balaban J connectivity index is 1.08. The number of hydrogen-bond acceptors (Lipinski definition) is 7. The van der Waals surface area contributed by atoms with Gasteiger partial charge in [-0.05, 0) is 135 Å². The van der Waals surface area contributed by atoms with Crippen LogP contribution in [0.25, 0.3) is 11.3 Å². The number of aliphatic hydroxyl groups excluding tert-OH is 3. The minimum Gasteiger partial charge on any atom is -0.453 e. The van der Waals surface area contributed by atoms with E-state index in [4.69, 9.17) is 16.0 Å². The zero-order valence-corrected chi connectivity index (χ0v) is 34.9. The molecule has 4 bridgehead atoms. The molecule has 6 fully saturated rings. The molecule has 4 N–H and O–H groups in total. The van der Waals surface area contributed by atoms with Gasteiger partial charge in [0.2, 0.25) is 5.78 Å². The molecule has 0 amide bonds. The van der Waals surface area contributed by atoms with Gasteiger partial charge in [-0.15, -0.1) is 0 Å². The van der Waals surface area contributed by atoms with Gasteiger partial charge in [0.1, 0.15) is 5.76 Å². The predicted molar refractivity (Wildman–Crippen MR) is 215 cm³/mol. The largest absolute Gasteiger partial charge is 0.453 e. The van der Waals surface area contributed by atoms with Crippen LogP contribution in [0.2, 0.25) is 5.02 Å². The molecule has 2 spiro atoms. The maximum atomic E-state index is 15.2. The number of Topliss-reactive ketones (excluding diaryl/α,β-unsaturated/α-hetero) is 1. The first kappa shape index (κ1) is 40.9. The van der Waals surface area contributed by atoms with E-state index in [1.165, 1.54) is 31.0 Å². The highest BCUT2D eigenvalue weighted by molar-refractivity contribution is 6.33. The lowest BCUT2D eigenvalue weighted by Crippen LogP contribution is -2.67. The summed E-state index contributed by atoms with van der Waals surface area (Å²) in [6.45, 7) is 10.3. The van der Waals surface area contributed by atoms with Crippen molar-refractivity contribution in [2.75, 3.05) is 26.2 Å². The maximum absolute atomic E-state index is 15.2. The average molecular weight is 826 g/mol. The van der Waals surface area contributed by atoms with Crippen molar-refractivity contribution in [2.45, 2.75) is 116 Å². The summed E-state index contributed by atoms with van der Waals surface area (Å²) in [5.41, 5.74) is -3.32. The van der Waals surface area contributed by atoms with Gasteiger partial charge in [-0.1, -0.05) is 57.5 Å². The quantitative estimate of drug-likeness (QED) is 0.140. The summed E-state index contributed by atoms with van der Waals surface area (Å²) < 4.78 is 47.3. The van der Waals surface area contributed by atoms with Crippen LogP contribution in [0.3, 0.4) is 0 Å². The summed E-state index contributed by atoms with van der Waals surface area (Å²) in [6, 6.07) is 6.06. The Morgan fingerprint density at radius 1 is 0.983 bits per heavy atom. The van der Waals surface area contributed by atoms with Crippen molar-refractivity contribution in [1.82, 2.24) is 4.90 Å². The Bertz CT molecular complexity index is 2040.